The minimum Gasteiger partial charge on any atom is -0.482 e. The maximum absolute atomic E-state index is 11.7. The van der Waals surface area contributed by atoms with Crippen molar-refractivity contribution in [2.45, 2.75) is 39.2 Å². The summed E-state index contributed by atoms with van der Waals surface area (Å²) in [6.07, 6.45) is 2.04. The first-order valence-corrected chi connectivity index (χ1v) is 8.56. The van der Waals surface area contributed by atoms with Crippen molar-refractivity contribution < 1.29 is 24.2 Å². The van der Waals surface area contributed by atoms with Crippen molar-refractivity contribution >= 4 is 17.3 Å². The number of ether oxygens (including phenoxy) is 3. The fourth-order valence-corrected chi connectivity index (χ4v) is 2.57. The Morgan fingerprint density at radius 2 is 2.04 bits per heavy atom. The number of hydrogen-bond donors (Lipinski definition) is 2. The first kappa shape index (κ1) is 19.2. The van der Waals surface area contributed by atoms with Crippen LogP contribution in [0, 0.1) is 10.8 Å². The van der Waals surface area contributed by atoms with Gasteiger partial charge in [-0.3, -0.25) is 0 Å². The molecule has 0 radical (unpaired) electrons. The molecule has 1 aliphatic heterocycles. The monoisotopic (exact) mass is 351 g/mol. The molecule has 2 rings (SSSR count). The Bertz CT molecular complexity index is 592. The van der Waals surface area contributed by atoms with Crippen LogP contribution < -0.4 is 15.2 Å². The molecule has 25 heavy (non-hydrogen) atoms. The predicted molar refractivity (Wildman–Crippen MR) is 93.8 cm³/mol. The average molecular weight is 351 g/mol. The van der Waals surface area contributed by atoms with Crippen LogP contribution in [-0.4, -0.2) is 37.9 Å². The van der Waals surface area contributed by atoms with Crippen LogP contribution in [0.4, 0.5) is 11.4 Å². The molecule has 0 bridgehead atoms. The van der Waals surface area contributed by atoms with Gasteiger partial charge in [0.2, 0.25) is 0 Å². The lowest BCUT2D eigenvalue weighted by atomic mass is 10.0. The van der Waals surface area contributed by atoms with Gasteiger partial charge in [-0.15, -0.1) is 0 Å². The highest BCUT2D eigenvalue weighted by molar-refractivity contribution is 5.72. The molecule has 1 aliphatic rings. The second-order valence-electron chi connectivity index (χ2n) is 7.12. The topological polar surface area (TPSA) is 87.8 Å². The first-order valence-electron chi connectivity index (χ1n) is 8.56. The zero-order valence-electron chi connectivity index (χ0n) is 15.1. The Labute approximate surface area is 148 Å². The highest BCUT2D eigenvalue weighted by atomic mass is 16.6. The van der Waals surface area contributed by atoms with Crippen LogP contribution in [0.15, 0.2) is 18.2 Å². The number of anilines is 1. The van der Waals surface area contributed by atoms with Crippen LogP contribution in [0.2, 0.25) is 0 Å². The van der Waals surface area contributed by atoms with E-state index in [1.807, 2.05) is 5.18 Å². The summed E-state index contributed by atoms with van der Waals surface area (Å²) in [5, 5.41) is 5.21. The Morgan fingerprint density at radius 1 is 1.32 bits per heavy atom. The molecular formula is C18H27N2O5+. The van der Waals surface area contributed by atoms with Gasteiger partial charge >= 0.3 is 5.97 Å². The Hall–Kier alpha value is -2.15. The molecule has 1 aromatic rings. The van der Waals surface area contributed by atoms with E-state index in [9.17, 15) is 9.70 Å². The Kier molecular flexibility index (Phi) is 6.75. The lowest BCUT2D eigenvalue weighted by Crippen LogP contribution is -2.56. The summed E-state index contributed by atoms with van der Waals surface area (Å²) in [7, 11) is 0. The molecule has 0 aliphatic carbocycles. The largest absolute Gasteiger partial charge is 0.482 e. The van der Waals surface area contributed by atoms with Gasteiger partial charge in [-0.05, 0) is 51.7 Å². The molecule has 0 saturated carbocycles. The fraction of sp³-hybridized carbons (Fsp3) is 0.611. The smallest absolute Gasteiger partial charge is 0.344 e. The zero-order chi connectivity index (χ0) is 18.3. The molecule has 0 unspecified atom stereocenters. The molecular weight excluding hydrogens is 324 g/mol. The van der Waals surface area contributed by atoms with Gasteiger partial charge in [0.1, 0.15) is 17.0 Å². The Balaban J connectivity index is 1.89. The van der Waals surface area contributed by atoms with Crippen molar-refractivity contribution in [1.29, 1.82) is 0 Å². The van der Waals surface area contributed by atoms with E-state index in [2.05, 4.69) is 5.32 Å². The van der Waals surface area contributed by atoms with E-state index in [-0.39, 0.29) is 6.61 Å². The van der Waals surface area contributed by atoms with Gasteiger partial charge < -0.3 is 19.5 Å². The van der Waals surface area contributed by atoms with Gasteiger partial charge in [0.25, 0.3) is 5.69 Å². The number of carbonyl (C=O) groups excluding carboxylic acids is 1. The predicted octanol–water partition coefficient (Wildman–Crippen LogP) is 1.72. The third-order valence-electron chi connectivity index (χ3n) is 3.80. The first-order chi connectivity index (χ1) is 11.9. The van der Waals surface area contributed by atoms with Crippen LogP contribution in [0.1, 0.15) is 33.6 Å². The van der Waals surface area contributed by atoms with Crippen molar-refractivity contribution in [3.63, 3.8) is 0 Å². The van der Waals surface area contributed by atoms with E-state index < -0.39 is 11.6 Å². The lowest BCUT2D eigenvalue weighted by Gasteiger charge is -2.22. The number of carbonyl (C=O) groups is 1. The van der Waals surface area contributed by atoms with E-state index in [4.69, 9.17) is 14.2 Å². The normalized spacial score (nSPS) is 15.5. The molecule has 1 heterocycles. The molecule has 1 fully saturated rings. The Morgan fingerprint density at radius 3 is 2.68 bits per heavy atom. The van der Waals surface area contributed by atoms with Gasteiger partial charge in [0.05, 0.1) is 6.07 Å². The minimum absolute atomic E-state index is 0.204. The number of esters is 1. The molecule has 138 valence electrons. The summed E-state index contributed by atoms with van der Waals surface area (Å²) in [4.78, 5) is 22.9. The lowest BCUT2D eigenvalue weighted by molar-refractivity contribution is -0.378. The minimum atomic E-state index is -0.555. The van der Waals surface area contributed by atoms with E-state index in [1.165, 1.54) is 0 Å². The third kappa shape index (κ3) is 6.70. The highest BCUT2D eigenvalue weighted by Crippen LogP contribution is 2.24. The van der Waals surface area contributed by atoms with Gasteiger partial charge in [0.15, 0.2) is 6.61 Å². The van der Waals surface area contributed by atoms with Crippen molar-refractivity contribution in [3.05, 3.63) is 23.1 Å². The molecule has 1 aromatic carbocycles. The number of hydrogen-bond acceptors (Lipinski definition) is 6. The SMILES string of the molecule is CC(C)(C)OC(=O)COc1ccc(NCC2CCOCC2)c([NH+]=O)c1. The van der Waals surface area contributed by atoms with Gasteiger partial charge in [0, 0.05) is 29.8 Å². The van der Waals surface area contributed by atoms with Crippen LogP contribution in [0.3, 0.4) is 0 Å². The van der Waals surface area contributed by atoms with Crippen LogP contribution in [0.5, 0.6) is 5.75 Å². The summed E-state index contributed by atoms with van der Waals surface area (Å²) in [5.74, 6) is 0.517. The molecule has 0 aromatic heterocycles. The standard InChI is InChI=1S/C18H26N2O5/c1-18(2,3)25-17(21)12-24-14-4-5-15(16(10-14)20-22)19-11-13-6-8-23-9-7-13/h4-5,10,13,19H,6-9,11-12H2,1-3H3/p+1. The van der Waals surface area contributed by atoms with E-state index in [0.717, 1.165) is 32.6 Å². The molecule has 0 amide bonds. The number of nitrogens with one attached hydrogen (secondary N) is 2. The highest BCUT2D eigenvalue weighted by Gasteiger charge is 2.18. The van der Waals surface area contributed by atoms with Gasteiger partial charge in [-0.25, -0.2) is 4.79 Å². The average Bonchev–Trinajstić information content (AvgIpc) is 2.58. The van der Waals surface area contributed by atoms with Gasteiger partial charge in [-0.1, -0.05) is 0 Å². The molecule has 0 atom stereocenters. The second kappa shape index (κ2) is 8.80. The van der Waals surface area contributed by atoms with E-state index >= 15 is 0 Å². The van der Waals surface area contributed by atoms with E-state index in [1.54, 1.807) is 39.0 Å². The molecule has 1 saturated heterocycles. The molecule has 7 nitrogen and oxygen atoms in total. The quantitative estimate of drug-likeness (QED) is 0.728. The fourth-order valence-electron chi connectivity index (χ4n) is 2.57. The van der Waals surface area contributed by atoms with Crippen LogP contribution in [-0.2, 0) is 14.3 Å². The number of nitroso groups, excluding NO2 is 1. The third-order valence-corrected chi connectivity index (χ3v) is 3.80. The van der Waals surface area contributed by atoms with Crippen molar-refractivity contribution in [3.8, 4) is 5.75 Å². The maximum atomic E-state index is 11.7. The van der Waals surface area contributed by atoms with Gasteiger partial charge in [-0.2, -0.15) is 0 Å². The molecule has 2 N–H and O–H groups in total. The number of benzene rings is 1. The van der Waals surface area contributed by atoms with Crippen molar-refractivity contribution in [2.75, 3.05) is 31.7 Å². The van der Waals surface area contributed by atoms with E-state index in [0.29, 0.717) is 23.0 Å². The maximum Gasteiger partial charge on any atom is 0.344 e. The number of rotatable bonds is 7. The van der Waals surface area contributed by atoms with Crippen molar-refractivity contribution in [2.24, 2.45) is 5.92 Å². The van der Waals surface area contributed by atoms with Crippen LogP contribution >= 0.6 is 0 Å². The van der Waals surface area contributed by atoms with Crippen LogP contribution in [0.25, 0.3) is 0 Å². The molecule has 7 heteroatoms. The summed E-state index contributed by atoms with van der Waals surface area (Å²) in [6, 6.07) is 5.06. The summed E-state index contributed by atoms with van der Waals surface area (Å²) >= 11 is 0. The summed E-state index contributed by atoms with van der Waals surface area (Å²) in [6.45, 7) is 7.54. The second-order valence-corrected chi connectivity index (χ2v) is 7.12. The van der Waals surface area contributed by atoms with Crippen molar-refractivity contribution in [1.82, 2.24) is 0 Å². The summed E-state index contributed by atoms with van der Waals surface area (Å²) in [5.41, 5.74) is 0.542. The zero-order valence-corrected chi connectivity index (χ0v) is 15.1. The molecule has 0 spiro atoms. The summed E-state index contributed by atoms with van der Waals surface area (Å²) < 4.78 is 15.9.